The SMILES string of the molecule is CC1(N)CCN(Cc2ccco2)C1. The largest absolute Gasteiger partial charge is 0.468 e. The molecule has 0 radical (unpaired) electrons. The number of likely N-dealkylation sites (tertiary alicyclic amines) is 1. The molecule has 0 bridgehead atoms. The molecule has 0 aromatic carbocycles. The van der Waals surface area contributed by atoms with Gasteiger partial charge in [0, 0.05) is 18.6 Å². The Labute approximate surface area is 78.5 Å². The van der Waals surface area contributed by atoms with E-state index >= 15 is 0 Å². The second-order valence-corrected chi connectivity index (χ2v) is 4.19. The number of hydrogen-bond acceptors (Lipinski definition) is 3. The van der Waals surface area contributed by atoms with Gasteiger partial charge in [-0.05, 0) is 25.5 Å². The maximum Gasteiger partial charge on any atom is 0.117 e. The molecule has 1 aromatic heterocycles. The Morgan fingerprint density at radius 2 is 2.54 bits per heavy atom. The standard InChI is InChI=1S/C10H16N2O/c1-10(11)4-5-12(8-10)7-9-3-2-6-13-9/h2-3,6H,4-5,7-8,11H2,1H3. The van der Waals surface area contributed by atoms with Crippen LogP contribution in [-0.4, -0.2) is 23.5 Å². The van der Waals surface area contributed by atoms with Crippen LogP contribution < -0.4 is 5.73 Å². The lowest BCUT2D eigenvalue weighted by Gasteiger charge is -2.18. The Hall–Kier alpha value is -0.800. The fourth-order valence-electron chi connectivity index (χ4n) is 1.84. The molecule has 1 aromatic rings. The molecule has 2 N–H and O–H groups in total. The molecule has 3 heteroatoms. The average molecular weight is 180 g/mol. The van der Waals surface area contributed by atoms with Crippen LogP contribution in [0.3, 0.4) is 0 Å². The third-order valence-corrected chi connectivity index (χ3v) is 2.54. The molecule has 0 saturated carbocycles. The molecule has 1 saturated heterocycles. The highest BCUT2D eigenvalue weighted by molar-refractivity contribution is 5.00. The second kappa shape index (κ2) is 3.16. The first-order valence-electron chi connectivity index (χ1n) is 4.69. The zero-order valence-corrected chi connectivity index (χ0v) is 7.99. The maximum atomic E-state index is 6.02. The van der Waals surface area contributed by atoms with Crippen LogP contribution in [0, 0.1) is 0 Å². The fraction of sp³-hybridized carbons (Fsp3) is 0.600. The smallest absolute Gasteiger partial charge is 0.117 e. The first kappa shape index (κ1) is 8.78. The van der Waals surface area contributed by atoms with Crippen LogP contribution in [0.15, 0.2) is 22.8 Å². The predicted octanol–water partition coefficient (Wildman–Crippen LogP) is 1.20. The highest BCUT2D eigenvalue weighted by Crippen LogP contribution is 2.19. The van der Waals surface area contributed by atoms with Crippen LogP contribution in [0.4, 0.5) is 0 Å². The minimum absolute atomic E-state index is 0.00735. The lowest BCUT2D eigenvalue weighted by atomic mass is 10.0. The summed E-state index contributed by atoms with van der Waals surface area (Å²) >= 11 is 0. The summed E-state index contributed by atoms with van der Waals surface area (Å²) in [6, 6.07) is 3.93. The molecule has 1 fully saturated rings. The highest BCUT2D eigenvalue weighted by atomic mass is 16.3. The summed E-state index contributed by atoms with van der Waals surface area (Å²) in [6.07, 6.45) is 2.79. The summed E-state index contributed by atoms with van der Waals surface area (Å²) in [6.45, 7) is 5.04. The van der Waals surface area contributed by atoms with E-state index in [1.807, 2.05) is 12.1 Å². The van der Waals surface area contributed by atoms with Gasteiger partial charge in [0.2, 0.25) is 0 Å². The zero-order valence-electron chi connectivity index (χ0n) is 7.99. The summed E-state index contributed by atoms with van der Waals surface area (Å²) in [5.74, 6) is 1.03. The maximum absolute atomic E-state index is 6.02. The van der Waals surface area contributed by atoms with Crippen LogP contribution in [0.25, 0.3) is 0 Å². The monoisotopic (exact) mass is 180 g/mol. The van der Waals surface area contributed by atoms with Crippen molar-refractivity contribution in [2.75, 3.05) is 13.1 Å². The van der Waals surface area contributed by atoms with Crippen molar-refractivity contribution in [3.8, 4) is 0 Å². The van der Waals surface area contributed by atoms with Gasteiger partial charge in [-0.3, -0.25) is 4.90 Å². The van der Waals surface area contributed by atoms with Gasteiger partial charge in [0.05, 0.1) is 12.8 Å². The molecule has 2 heterocycles. The Morgan fingerprint density at radius 3 is 3.08 bits per heavy atom. The molecule has 2 rings (SSSR count). The molecule has 3 nitrogen and oxygen atoms in total. The second-order valence-electron chi connectivity index (χ2n) is 4.19. The van der Waals surface area contributed by atoms with Gasteiger partial charge in [-0.1, -0.05) is 0 Å². The molecule has 1 aliphatic heterocycles. The molecular weight excluding hydrogens is 164 g/mol. The Balaban J connectivity index is 1.91. The van der Waals surface area contributed by atoms with Crippen molar-refractivity contribution in [2.24, 2.45) is 5.73 Å². The van der Waals surface area contributed by atoms with Crippen molar-refractivity contribution < 1.29 is 4.42 Å². The van der Waals surface area contributed by atoms with Gasteiger partial charge in [0.25, 0.3) is 0 Å². The third kappa shape index (κ3) is 2.11. The summed E-state index contributed by atoms with van der Waals surface area (Å²) in [5, 5.41) is 0. The van der Waals surface area contributed by atoms with Gasteiger partial charge in [0.1, 0.15) is 5.76 Å². The lowest BCUT2D eigenvalue weighted by Crippen LogP contribution is -2.38. The van der Waals surface area contributed by atoms with Gasteiger partial charge in [-0.2, -0.15) is 0 Å². The van der Waals surface area contributed by atoms with Crippen molar-refractivity contribution in [1.82, 2.24) is 4.90 Å². The topological polar surface area (TPSA) is 42.4 Å². The molecular formula is C10H16N2O. The van der Waals surface area contributed by atoms with E-state index in [1.54, 1.807) is 6.26 Å². The Bertz CT molecular complexity index is 266. The van der Waals surface area contributed by atoms with Crippen LogP contribution in [-0.2, 0) is 6.54 Å². The van der Waals surface area contributed by atoms with Gasteiger partial charge in [-0.15, -0.1) is 0 Å². The number of nitrogens with zero attached hydrogens (tertiary/aromatic N) is 1. The number of furan rings is 1. The van der Waals surface area contributed by atoms with E-state index < -0.39 is 0 Å². The quantitative estimate of drug-likeness (QED) is 0.743. The van der Waals surface area contributed by atoms with Crippen LogP contribution in [0.2, 0.25) is 0 Å². The molecule has 1 unspecified atom stereocenters. The number of nitrogens with two attached hydrogens (primary N) is 1. The van der Waals surface area contributed by atoms with Crippen LogP contribution in [0.5, 0.6) is 0 Å². The molecule has 1 atom stereocenters. The van der Waals surface area contributed by atoms with E-state index in [0.29, 0.717) is 0 Å². The van der Waals surface area contributed by atoms with E-state index in [2.05, 4.69) is 11.8 Å². The minimum atomic E-state index is -0.00735. The predicted molar refractivity (Wildman–Crippen MR) is 51.2 cm³/mol. The minimum Gasteiger partial charge on any atom is -0.468 e. The zero-order chi connectivity index (χ0) is 9.31. The van der Waals surface area contributed by atoms with Gasteiger partial charge < -0.3 is 10.2 Å². The molecule has 0 spiro atoms. The van der Waals surface area contributed by atoms with E-state index in [9.17, 15) is 0 Å². The number of rotatable bonds is 2. The summed E-state index contributed by atoms with van der Waals surface area (Å²) in [5.41, 5.74) is 6.02. The molecule has 0 amide bonds. The third-order valence-electron chi connectivity index (χ3n) is 2.54. The van der Waals surface area contributed by atoms with Gasteiger partial charge in [0.15, 0.2) is 0 Å². The van der Waals surface area contributed by atoms with Crippen molar-refractivity contribution >= 4 is 0 Å². The molecule has 0 aliphatic carbocycles. The van der Waals surface area contributed by atoms with Crippen molar-refractivity contribution in [1.29, 1.82) is 0 Å². The number of hydrogen-bond donors (Lipinski definition) is 1. The van der Waals surface area contributed by atoms with Crippen LogP contribution >= 0.6 is 0 Å². The van der Waals surface area contributed by atoms with Crippen LogP contribution in [0.1, 0.15) is 19.1 Å². The summed E-state index contributed by atoms with van der Waals surface area (Å²) < 4.78 is 5.28. The van der Waals surface area contributed by atoms with E-state index in [4.69, 9.17) is 10.2 Å². The molecule has 13 heavy (non-hydrogen) atoms. The van der Waals surface area contributed by atoms with Crippen molar-refractivity contribution in [3.63, 3.8) is 0 Å². The van der Waals surface area contributed by atoms with E-state index in [0.717, 1.165) is 31.8 Å². The Kier molecular flexibility index (Phi) is 2.14. The summed E-state index contributed by atoms with van der Waals surface area (Å²) in [4.78, 5) is 2.33. The first-order valence-corrected chi connectivity index (χ1v) is 4.69. The van der Waals surface area contributed by atoms with E-state index in [1.165, 1.54) is 0 Å². The average Bonchev–Trinajstić information content (AvgIpc) is 2.61. The normalized spacial score (nSPS) is 29.7. The molecule has 72 valence electrons. The van der Waals surface area contributed by atoms with Crippen molar-refractivity contribution in [2.45, 2.75) is 25.4 Å². The highest BCUT2D eigenvalue weighted by Gasteiger charge is 2.29. The lowest BCUT2D eigenvalue weighted by molar-refractivity contribution is 0.282. The van der Waals surface area contributed by atoms with E-state index in [-0.39, 0.29) is 5.54 Å². The summed E-state index contributed by atoms with van der Waals surface area (Å²) in [7, 11) is 0. The molecule has 1 aliphatic rings. The van der Waals surface area contributed by atoms with Gasteiger partial charge >= 0.3 is 0 Å². The Morgan fingerprint density at radius 1 is 1.69 bits per heavy atom. The van der Waals surface area contributed by atoms with Crippen molar-refractivity contribution in [3.05, 3.63) is 24.2 Å². The fourth-order valence-corrected chi connectivity index (χ4v) is 1.84. The van der Waals surface area contributed by atoms with Gasteiger partial charge in [-0.25, -0.2) is 0 Å². The first-order chi connectivity index (χ1) is 6.16.